The summed E-state index contributed by atoms with van der Waals surface area (Å²) in [5.41, 5.74) is 1.29. The summed E-state index contributed by atoms with van der Waals surface area (Å²) >= 11 is 7.08. The van der Waals surface area contributed by atoms with E-state index in [4.69, 9.17) is 16.3 Å². The molecule has 3 rings (SSSR count). The van der Waals surface area contributed by atoms with Crippen molar-refractivity contribution in [3.05, 3.63) is 51.1 Å². The van der Waals surface area contributed by atoms with Crippen LogP contribution in [0.1, 0.15) is 29.3 Å². The van der Waals surface area contributed by atoms with E-state index in [1.54, 1.807) is 12.1 Å². The van der Waals surface area contributed by atoms with Crippen LogP contribution in [0.4, 0.5) is 5.13 Å². The van der Waals surface area contributed by atoms with Gasteiger partial charge in [-0.25, -0.2) is 9.69 Å². The van der Waals surface area contributed by atoms with E-state index in [0.717, 1.165) is 29.9 Å². The number of carbonyl (C=O) groups excluding carboxylic acids is 1. The highest BCUT2D eigenvalue weighted by atomic mass is 35.5. The molecule has 1 fully saturated rings. The second-order valence-electron chi connectivity index (χ2n) is 6.14. The van der Waals surface area contributed by atoms with Crippen molar-refractivity contribution in [1.82, 2.24) is 14.5 Å². The van der Waals surface area contributed by atoms with Crippen LogP contribution in [0.5, 0.6) is 0 Å². The number of ether oxygens (including phenoxy) is 1. The first kappa shape index (κ1) is 18.3. The molecule has 0 bridgehead atoms. The molecule has 2 heterocycles. The van der Waals surface area contributed by atoms with Crippen LogP contribution < -0.4 is 4.65 Å². The summed E-state index contributed by atoms with van der Waals surface area (Å²) < 4.78 is 5.27. The molecular weight excluding hydrogens is 362 g/mol. The number of aryl methyl sites for hydroxylation is 1. The molecular formula is C17H20ClN3O3S. The number of hydrogen-bond acceptors (Lipinski definition) is 6. The van der Waals surface area contributed by atoms with Gasteiger partial charge in [-0.3, -0.25) is 4.65 Å². The van der Waals surface area contributed by atoms with E-state index in [0.29, 0.717) is 21.6 Å². The summed E-state index contributed by atoms with van der Waals surface area (Å²) in [5.74, 6) is -0.484. The lowest BCUT2D eigenvalue weighted by Crippen LogP contribution is -2.50. The fourth-order valence-electron chi connectivity index (χ4n) is 2.99. The highest BCUT2D eigenvalue weighted by Crippen LogP contribution is 2.37. The second-order valence-corrected chi connectivity index (χ2v) is 7.78. The maximum absolute atomic E-state index is 13.5. The zero-order valence-corrected chi connectivity index (χ0v) is 15.7. The number of hydroxylamine groups is 2. The summed E-state index contributed by atoms with van der Waals surface area (Å²) in [5, 5.41) is 13.8. The van der Waals surface area contributed by atoms with Crippen molar-refractivity contribution >= 4 is 34.0 Å². The van der Waals surface area contributed by atoms with Gasteiger partial charge < -0.3 is 9.94 Å². The Bertz CT molecular complexity index is 769. The number of halogens is 1. The number of nitrogens with zero attached hydrogens (tertiary/aromatic N) is 3. The molecule has 0 N–H and O–H groups in total. The molecule has 1 aromatic carbocycles. The van der Waals surface area contributed by atoms with Gasteiger partial charge in [-0.2, -0.15) is 4.98 Å². The minimum atomic E-state index is -0.860. The van der Waals surface area contributed by atoms with Crippen molar-refractivity contribution in [1.29, 1.82) is 0 Å². The fourth-order valence-corrected chi connectivity index (χ4v) is 3.96. The van der Waals surface area contributed by atoms with Crippen LogP contribution in [-0.2, 0) is 4.74 Å². The van der Waals surface area contributed by atoms with Crippen LogP contribution in [-0.4, -0.2) is 41.8 Å². The summed E-state index contributed by atoms with van der Waals surface area (Å²) in [7, 11) is 0. The van der Waals surface area contributed by atoms with E-state index in [1.807, 2.05) is 30.9 Å². The molecule has 1 saturated heterocycles. The highest BCUT2D eigenvalue weighted by Gasteiger charge is 2.46. The van der Waals surface area contributed by atoms with E-state index >= 15 is 0 Å². The van der Waals surface area contributed by atoms with Crippen LogP contribution in [0, 0.1) is 12.1 Å². The van der Waals surface area contributed by atoms with Crippen molar-refractivity contribution in [2.75, 3.05) is 19.8 Å². The van der Waals surface area contributed by atoms with Gasteiger partial charge in [0.1, 0.15) is 11.0 Å². The lowest BCUT2D eigenvalue weighted by atomic mass is 10.1. The zero-order valence-electron chi connectivity index (χ0n) is 14.1. The SMILES string of the molecule is CCCN1CC(OC(=O)c2ccccc2C)[N+]([O-])(c2ncc(Cl)s2)C1. The Kier molecular flexibility index (Phi) is 5.41. The normalized spacial score (nSPS) is 23.8. The largest absolute Gasteiger partial charge is 0.622 e. The first-order chi connectivity index (χ1) is 11.9. The Balaban J connectivity index is 1.86. The number of quaternary nitrogens is 1. The van der Waals surface area contributed by atoms with Crippen LogP contribution in [0.3, 0.4) is 0 Å². The Morgan fingerprint density at radius 1 is 1.52 bits per heavy atom. The Morgan fingerprint density at radius 3 is 2.92 bits per heavy atom. The minimum absolute atomic E-state index is 0.198. The molecule has 2 atom stereocenters. The van der Waals surface area contributed by atoms with Gasteiger partial charge in [0.05, 0.1) is 18.3 Å². The van der Waals surface area contributed by atoms with E-state index in [9.17, 15) is 10.0 Å². The molecule has 0 saturated carbocycles. The summed E-state index contributed by atoms with van der Waals surface area (Å²) in [6.45, 7) is 5.23. The average molecular weight is 382 g/mol. The number of thiazole rings is 1. The molecule has 0 spiro atoms. The monoisotopic (exact) mass is 381 g/mol. The van der Waals surface area contributed by atoms with E-state index < -0.39 is 16.8 Å². The number of benzene rings is 1. The Labute approximate surface area is 155 Å². The van der Waals surface area contributed by atoms with Crippen molar-refractivity contribution in [3.63, 3.8) is 0 Å². The van der Waals surface area contributed by atoms with Crippen LogP contribution in [0.15, 0.2) is 30.5 Å². The first-order valence-electron chi connectivity index (χ1n) is 8.13. The van der Waals surface area contributed by atoms with Gasteiger partial charge in [-0.05, 0) is 36.3 Å². The molecule has 8 heteroatoms. The molecule has 0 amide bonds. The van der Waals surface area contributed by atoms with Gasteiger partial charge in [0, 0.05) is 6.54 Å². The van der Waals surface area contributed by atoms with Gasteiger partial charge in [0.25, 0.3) is 11.4 Å². The van der Waals surface area contributed by atoms with E-state index in [1.165, 1.54) is 6.20 Å². The van der Waals surface area contributed by atoms with Crippen LogP contribution in [0.2, 0.25) is 4.34 Å². The molecule has 1 aliphatic rings. The lowest BCUT2D eigenvalue weighted by molar-refractivity contribution is 0.00554. The first-order valence-corrected chi connectivity index (χ1v) is 9.33. The maximum atomic E-state index is 13.5. The molecule has 0 radical (unpaired) electrons. The molecule has 25 heavy (non-hydrogen) atoms. The van der Waals surface area contributed by atoms with Crippen molar-refractivity contribution in [3.8, 4) is 0 Å². The van der Waals surface area contributed by atoms with Crippen molar-refractivity contribution in [2.45, 2.75) is 26.5 Å². The minimum Gasteiger partial charge on any atom is -0.622 e. The molecule has 134 valence electrons. The van der Waals surface area contributed by atoms with Gasteiger partial charge in [0.15, 0.2) is 0 Å². The number of aromatic nitrogens is 1. The predicted octanol–water partition coefficient (Wildman–Crippen LogP) is 3.78. The number of hydrogen-bond donors (Lipinski definition) is 0. The molecule has 0 aliphatic carbocycles. The molecule has 1 aliphatic heterocycles. The molecule has 6 nitrogen and oxygen atoms in total. The van der Waals surface area contributed by atoms with Gasteiger partial charge >= 0.3 is 5.97 Å². The molecule has 2 aromatic rings. The maximum Gasteiger partial charge on any atom is 0.342 e. The van der Waals surface area contributed by atoms with Gasteiger partial charge in [-0.15, -0.1) is 0 Å². The van der Waals surface area contributed by atoms with Crippen molar-refractivity contribution < 1.29 is 9.53 Å². The third-order valence-corrected chi connectivity index (χ3v) is 5.45. The van der Waals surface area contributed by atoms with Gasteiger partial charge in [-0.1, -0.05) is 36.7 Å². The zero-order chi connectivity index (χ0) is 18.0. The Hall–Kier alpha value is -1.51. The van der Waals surface area contributed by atoms with Crippen LogP contribution >= 0.6 is 22.9 Å². The smallest absolute Gasteiger partial charge is 0.342 e. The standard InChI is InChI=1S/C17H20ClN3O3S/c1-3-8-20-10-15(21(23,11-20)17-19-9-14(18)25-17)24-16(22)13-7-5-4-6-12(13)2/h4-7,9,15H,3,8,10-11H2,1-2H3. The quantitative estimate of drug-likeness (QED) is 0.448. The Morgan fingerprint density at radius 2 is 2.28 bits per heavy atom. The predicted molar refractivity (Wildman–Crippen MR) is 99.4 cm³/mol. The summed E-state index contributed by atoms with van der Waals surface area (Å²) in [4.78, 5) is 18.7. The van der Waals surface area contributed by atoms with Gasteiger partial charge in [0.2, 0.25) is 0 Å². The number of esters is 1. The molecule has 2 unspecified atom stereocenters. The lowest BCUT2D eigenvalue weighted by Gasteiger charge is -2.38. The van der Waals surface area contributed by atoms with Crippen molar-refractivity contribution in [2.24, 2.45) is 0 Å². The third kappa shape index (κ3) is 3.70. The highest BCUT2D eigenvalue weighted by molar-refractivity contribution is 7.19. The number of carbonyl (C=O) groups is 1. The second kappa shape index (κ2) is 7.39. The molecule has 1 aromatic heterocycles. The van der Waals surface area contributed by atoms with Crippen LogP contribution in [0.25, 0.3) is 0 Å². The third-order valence-electron chi connectivity index (χ3n) is 4.23. The topological polar surface area (TPSA) is 65.5 Å². The summed E-state index contributed by atoms with van der Waals surface area (Å²) in [6.07, 6.45) is 1.51. The van der Waals surface area contributed by atoms with E-state index in [-0.39, 0.29) is 6.67 Å². The average Bonchev–Trinajstić information content (AvgIpc) is 3.13. The van der Waals surface area contributed by atoms with E-state index in [2.05, 4.69) is 4.98 Å². The number of rotatable bonds is 5. The summed E-state index contributed by atoms with van der Waals surface area (Å²) in [6, 6.07) is 7.18. The fraction of sp³-hybridized carbons (Fsp3) is 0.412.